The van der Waals surface area contributed by atoms with Crippen LogP contribution in [0.2, 0.25) is 0 Å². The van der Waals surface area contributed by atoms with E-state index in [1.165, 1.54) is 29.8 Å². The number of aliphatic hydroxyl groups is 1. The smallest absolute Gasteiger partial charge is 0.303 e. The van der Waals surface area contributed by atoms with E-state index in [0.717, 1.165) is 13.8 Å². The molecule has 12 heteroatoms. The van der Waals surface area contributed by atoms with E-state index in [1.807, 2.05) is 0 Å². The summed E-state index contributed by atoms with van der Waals surface area (Å²) in [5.41, 5.74) is 0.771. The normalized spacial score (nSPS) is 21.9. The Morgan fingerprint density at radius 1 is 0.974 bits per heavy atom. The van der Waals surface area contributed by atoms with Crippen molar-refractivity contribution in [2.45, 2.75) is 51.4 Å². The van der Waals surface area contributed by atoms with Crippen molar-refractivity contribution in [1.29, 1.82) is 0 Å². The molecule has 12 nitrogen and oxygen atoms in total. The number of aromatic nitrogens is 1. The van der Waals surface area contributed by atoms with Crippen LogP contribution in [0.4, 0.5) is 5.69 Å². The summed E-state index contributed by atoms with van der Waals surface area (Å²) in [5, 5.41) is 23.3. The fourth-order valence-corrected chi connectivity index (χ4v) is 4.67. The van der Waals surface area contributed by atoms with Gasteiger partial charge in [0.1, 0.15) is 6.10 Å². The number of benzene rings is 2. The number of nitro groups is 1. The average molecular weight is 526 g/mol. The van der Waals surface area contributed by atoms with Crippen LogP contribution < -0.4 is 0 Å². The number of hydrogen-bond acceptors (Lipinski definition) is 10. The standard InChI is InChI=1S/C26H26N2O10/c1-14(29)36-21-13-35-26(25(38-16(3)31)24(21)37-15(2)30)27-12-18(23(32)17-8-5-4-6-9-17)22-19(27)10-7-11-20(22)28(33)34/h4-12,21,23-26,32H,13H2,1-3H3/t21-,23?,24+,25-,26-/m1/s1. The first-order valence-corrected chi connectivity index (χ1v) is 11.7. The van der Waals surface area contributed by atoms with Gasteiger partial charge in [0.2, 0.25) is 0 Å². The molecule has 0 saturated carbocycles. The highest BCUT2D eigenvalue weighted by molar-refractivity contribution is 5.93. The van der Waals surface area contributed by atoms with E-state index in [4.69, 9.17) is 18.9 Å². The highest BCUT2D eigenvalue weighted by Crippen LogP contribution is 2.40. The predicted molar refractivity (Wildman–Crippen MR) is 131 cm³/mol. The van der Waals surface area contributed by atoms with Gasteiger partial charge in [0.25, 0.3) is 5.69 Å². The number of nitro benzene ring substituents is 1. The Bertz CT molecular complexity index is 1370. The molecule has 0 amide bonds. The molecule has 2 aromatic carbocycles. The first kappa shape index (κ1) is 26.8. The van der Waals surface area contributed by atoms with Gasteiger partial charge in [-0.25, -0.2) is 0 Å². The number of fused-ring (bicyclic) bond motifs is 1. The van der Waals surface area contributed by atoms with Crippen molar-refractivity contribution in [1.82, 2.24) is 4.57 Å². The quantitative estimate of drug-likeness (QED) is 0.210. The van der Waals surface area contributed by atoms with Crippen LogP contribution in [0.3, 0.4) is 0 Å². The van der Waals surface area contributed by atoms with Gasteiger partial charge in [0.15, 0.2) is 24.5 Å². The molecule has 1 saturated heterocycles. The van der Waals surface area contributed by atoms with Gasteiger partial charge in [-0.3, -0.25) is 24.5 Å². The van der Waals surface area contributed by atoms with Crippen molar-refractivity contribution in [2.75, 3.05) is 6.61 Å². The number of ether oxygens (including phenoxy) is 4. The number of nitrogens with zero attached hydrogens (tertiary/aromatic N) is 2. The summed E-state index contributed by atoms with van der Waals surface area (Å²) >= 11 is 0. The van der Waals surface area contributed by atoms with Crippen LogP contribution in [0.25, 0.3) is 10.9 Å². The monoisotopic (exact) mass is 526 g/mol. The van der Waals surface area contributed by atoms with Gasteiger partial charge in [-0.15, -0.1) is 0 Å². The Balaban J connectivity index is 1.90. The summed E-state index contributed by atoms with van der Waals surface area (Å²) in [7, 11) is 0. The highest BCUT2D eigenvalue weighted by atomic mass is 16.6. The van der Waals surface area contributed by atoms with Crippen LogP contribution in [0, 0.1) is 10.1 Å². The molecular weight excluding hydrogens is 500 g/mol. The van der Waals surface area contributed by atoms with Gasteiger partial charge in [0.05, 0.1) is 22.4 Å². The maximum Gasteiger partial charge on any atom is 0.303 e. The minimum atomic E-state index is -1.30. The van der Waals surface area contributed by atoms with Gasteiger partial charge in [-0.05, 0) is 11.6 Å². The lowest BCUT2D eigenvalue weighted by Gasteiger charge is -2.41. The molecular formula is C26H26N2O10. The van der Waals surface area contributed by atoms with Gasteiger partial charge in [-0.1, -0.05) is 36.4 Å². The van der Waals surface area contributed by atoms with Crippen molar-refractivity contribution in [3.63, 3.8) is 0 Å². The van der Waals surface area contributed by atoms with Gasteiger partial charge >= 0.3 is 17.9 Å². The first-order chi connectivity index (χ1) is 18.1. The second-order valence-electron chi connectivity index (χ2n) is 8.75. The van der Waals surface area contributed by atoms with E-state index in [9.17, 15) is 29.6 Å². The van der Waals surface area contributed by atoms with Crippen LogP contribution in [0.1, 0.15) is 44.2 Å². The van der Waals surface area contributed by atoms with Crippen LogP contribution in [0.5, 0.6) is 0 Å². The number of carbonyl (C=O) groups excluding carboxylic acids is 3. The molecule has 0 aliphatic carbocycles. The number of rotatable bonds is 7. The number of non-ortho nitro benzene ring substituents is 1. The van der Waals surface area contributed by atoms with Crippen LogP contribution in [-0.4, -0.2) is 57.4 Å². The van der Waals surface area contributed by atoms with Gasteiger partial charge in [-0.2, -0.15) is 0 Å². The SMILES string of the molecule is CC(=O)O[C@@H]1[C@@H](OC(C)=O)[C@H](OC(C)=O)CO[C@H]1n1cc(C(O)c2ccccc2)c2c([N+](=O)[O-])cccc21. The topological polar surface area (TPSA) is 156 Å². The third kappa shape index (κ3) is 5.36. The Hall–Kier alpha value is -4.29. The van der Waals surface area contributed by atoms with E-state index in [0.29, 0.717) is 11.1 Å². The van der Waals surface area contributed by atoms with Crippen LogP contribution >= 0.6 is 0 Å². The van der Waals surface area contributed by atoms with E-state index >= 15 is 0 Å². The zero-order valence-electron chi connectivity index (χ0n) is 20.8. The highest BCUT2D eigenvalue weighted by Gasteiger charge is 2.48. The number of carbonyl (C=O) groups is 3. The van der Waals surface area contributed by atoms with Crippen LogP contribution in [-0.2, 0) is 33.3 Å². The summed E-state index contributed by atoms with van der Waals surface area (Å²) in [5.74, 6) is -2.10. The van der Waals surface area contributed by atoms with Crippen molar-refractivity contribution >= 4 is 34.5 Å². The maximum absolute atomic E-state index is 12.1. The molecule has 1 aliphatic heterocycles. The zero-order chi connectivity index (χ0) is 27.6. The summed E-state index contributed by atoms with van der Waals surface area (Å²) in [4.78, 5) is 47.1. The fourth-order valence-electron chi connectivity index (χ4n) is 4.67. The molecule has 4 rings (SSSR count). The molecule has 0 bridgehead atoms. The Kier molecular flexibility index (Phi) is 7.74. The molecule has 1 fully saturated rings. The van der Waals surface area contributed by atoms with E-state index < -0.39 is 53.5 Å². The first-order valence-electron chi connectivity index (χ1n) is 11.7. The fraction of sp³-hybridized carbons (Fsp3) is 0.346. The minimum absolute atomic E-state index is 0.158. The molecule has 200 valence electrons. The van der Waals surface area contributed by atoms with Crippen molar-refractivity contribution in [3.05, 3.63) is 76.0 Å². The third-order valence-electron chi connectivity index (χ3n) is 6.07. The Morgan fingerprint density at radius 3 is 2.21 bits per heavy atom. The summed E-state index contributed by atoms with van der Waals surface area (Å²) < 4.78 is 23.7. The van der Waals surface area contributed by atoms with Gasteiger partial charge in [0, 0.05) is 38.6 Å². The minimum Gasteiger partial charge on any atom is -0.456 e. The lowest BCUT2D eigenvalue weighted by atomic mass is 10.0. The van der Waals surface area contributed by atoms with E-state index in [2.05, 4.69) is 0 Å². The zero-order valence-corrected chi connectivity index (χ0v) is 20.8. The van der Waals surface area contributed by atoms with E-state index in [1.54, 1.807) is 36.4 Å². The number of esters is 3. The molecule has 1 unspecified atom stereocenters. The van der Waals surface area contributed by atoms with Crippen molar-refractivity contribution in [3.8, 4) is 0 Å². The number of aliphatic hydroxyl groups excluding tert-OH is 1. The molecule has 0 spiro atoms. The van der Waals surface area contributed by atoms with Gasteiger partial charge < -0.3 is 28.6 Å². The second-order valence-corrected chi connectivity index (χ2v) is 8.75. The third-order valence-corrected chi connectivity index (χ3v) is 6.07. The molecule has 1 aliphatic rings. The maximum atomic E-state index is 12.1. The average Bonchev–Trinajstić information content (AvgIpc) is 3.25. The summed E-state index contributed by atoms with van der Waals surface area (Å²) in [6, 6.07) is 13.0. The second kappa shape index (κ2) is 11.0. The molecule has 0 radical (unpaired) electrons. The van der Waals surface area contributed by atoms with Crippen molar-refractivity contribution < 1.29 is 43.4 Å². The molecule has 1 N–H and O–H groups in total. The Morgan fingerprint density at radius 2 is 1.61 bits per heavy atom. The summed E-state index contributed by atoms with van der Waals surface area (Å²) in [6.45, 7) is 3.25. The molecule has 1 aromatic heterocycles. The molecule has 3 aromatic rings. The lowest BCUT2D eigenvalue weighted by Crippen LogP contribution is -2.55. The van der Waals surface area contributed by atoms with Crippen LogP contribution in [0.15, 0.2) is 54.7 Å². The largest absolute Gasteiger partial charge is 0.456 e. The lowest BCUT2D eigenvalue weighted by molar-refractivity contribution is -0.383. The molecule has 38 heavy (non-hydrogen) atoms. The Labute approximate surface area is 216 Å². The molecule has 2 heterocycles. The summed E-state index contributed by atoms with van der Waals surface area (Å²) in [6.07, 6.45) is -4.54. The van der Waals surface area contributed by atoms with Crippen molar-refractivity contribution in [2.24, 2.45) is 0 Å². The number of hydrogen-bond donors (Lipinski definition) is 1. The molecule has 5 atom stereocenters. The van der Waals surface area contributed by atoms with E-state index in [-0.39, 0.29) is 23.2 Å². The predicted octanol–water partition coefficient (Wildman–Crippen LogP) is 2.96.